The molecule has 1 aromatic carbocycles. The minimum absolute atomic E-state index is 0.102. The van der Waals surface area contributed by atoms with E-state index in [0.29, 0.717) is 36.4 Å². The summed E-state index contributed by atoms with van der Waals surface area (Å²) in [6, 6.07) is 8.10. The van der Waals surface area contributed by atoms with Crippen LogP contribution in [0.3, 0.4) is 0 Å². The number of ether oxygens (including phenoxy) is 1. The molecule has 9 nitrogen and oxygen atoms in total. The molecule has 2 aromatic rings. The Hall–Kier alpha value is -2.91. The second-order valence-corrected chi connectivity index (χ2v) is 10.3. The van der Waals surface area contributed by atoms with E-state index in [-0.39, 0.29) is 30.0 Å². The first-order valence-electron chi connectivity index (χ1n) is 12.1. The second-order valence-electron chi connectivity index (χ2n) is 9.86. The largest absolute Gasteiger partial charge is 0.441 e. The lowest BCUT2D eigenvalue weighted by atomic mass is 9.96. The fourth-order valence-electron chi connectivity index (χ4n) is 5.41. The number of piperazine rings is 1. The van der Waals surface area contributed by atoms with Crippen LogP contribution in [0.4, 0.5) is 16.4 Å². The quantitative estimate of drug-likeness (QED) is 0.628. The minimum atomic E-state index is -0.508. The summed E-state index contributed by atoms with van der Waals surface area (Å²) in [5.41, 5.74) is 1.75. The highest BCUT2D eigenvalue weighted by Gasteiger charge is 2.59. The first kappa shape index (κ1) is 23.8. The number of hydrogen-bond donors (Lipinski definition) is 2. The minimum Gasteiger partial charge on any atom is -0.441 e. The van der Waals surface area contributed by atoms with Crippen LogP contribution in [0.2, 0.25) is 5.02 Å². The molecule has 5 rings (SSSR count). The monoisotopic (exact) mass is 498 g/mol. The Labute approximate surface area is 210 Å². The maximum atomic E-state index is 13.9. The van der Waals surface area contributed by atoms with Gasteiger partial charge in [-0.25, -0.2) is 14.8 Å². The van der Waals surface area contributed by atoms with Crippen LogP contribution in [-0.4, -0.2) is 64.6 Å². The maximum absolute atomic E-state index is 13.9. The van der Waals surface area contributed by atoms with Crippen molar-refractivity contribution < 1.29 is 14.3 Å². The van der Waals surface area contributed by atoms with E-state index in [1.165, 1.54) is 6.33 Å². The van der Waals surface area contributed by atoms with Crippen molar-refractivity contribution in [2.45, 2.75) is 57.8 Å². The molecule has 1 saturated heterocycles. The third-order valence-electron chi connectivity index (χ3n) is 7.22. The number of nitrogens with zero attached hydrogens (tertiary/aromatic N) is 4. The normalized spacial score (nSPS) is 25.9. The van der Waals surface area contributed by atoms with Crippen molar-refractivity contribution in [1.29, 1.82) is 0 Å². The molecule has 1 saturated carbocycles. The first-order valence-corrected chi connectivity index (χ1v) is 12.5. The van der Waals surface area contributed by atoms with E-state index in [1.807, 2.05) is 36.1 Å². The van der Waals surface area contributed by atoms with Gasteiger partial charge in [-0.2, -0.15) is 0 Å². The summed E-state index contributed by atoms with van der Waals surface area (Å²) in [4.78, 5) is 38.8. The van der Waals surface area contributed by atoms with Gasteiger partial charge in [-0.1, -0.05) is 44.5 Å². The molecule has 1 unspecified atom stereocenters. The number of carbonyl (C=O) groups is 2. The first-order chi connectivity index (χ1) is 16.8. The van der Waals surface area contributed by atoms with Gasteiger partial charge in [0.05, 0.1) is 23.6 Å². The van der Waals surface area contributed by atoms with Gasteiger partial charge in [0.25, 0.3) is 0 Å². The fourth-order valence-corrected chi connectivity index (χ4v) is 5.53. The highest BCUT2D eigenvalue weighted by Crippen LogP contribution is 2.47. The topological polar surface area (TPSA) is 99.7 Å². The highest BCUT2D eigenvalue weighted by atomic mass is 35.5. The summed E-state index contributed by atoms with van der Waals surface area (Å²) in [5.74, 6) is 1.40. The van der Waals surface area contributed by atoms with Crippen LogP contribution >= 0.6 is 11.6 Å². The summed E-state index contributed by atoms with van der Waals surface area (Å²) in [5, 5.41) is 6.77. The van der Waals surface area contributed by atoms with Crippen molar-refractivity contribution in [2.24, 2.45) is 5.92 Å². The molecule has 186 valence electrons. The van der Waals surface area contributed by atoms with E-state index in [0.717, 1.165) is 16.9 Å². The molecule has 3 aliphatic rings. The number of cyclic esters (lactones) is 1. The van der Waals surface area contributed by atoms with Crippen molar-refractivity contribution in [2.75, 3.05) is 29.9 Å². The Morgan fingerprint density at radius 3 is 2.66 bits per heavy atom. The number of fused-ring (bicyclic) bond motifs is 2. The molecular weight excluding hydrogens is 468 g/mol. The number of amides is 2. The fraction of sp³-hybridized carbons (Fsp3) is 0.520. The molecule has 10 heteroatoms. The summed E-state index contributed by atoms with van der Waals surface area (Å²) in [6.45, 7) is 9.97. The molecular formula is C25H31ClN6O3. The third kappa shape index (κ3) is 4.43. The molecule has 2 fully saturated rings. The van der Waals surface area contributed by atoms with Gasteiger partial charge in [0.2, 0.25) is 5.91 Å². The molecule has 1 aromatic heterocycles. The number of nitrogens with one attached hydrogen (secondary N) is 2. The van der Waals surface area contributed by atoms with Crippen LogP contribution in [0.5, 0.6) is 0 Å². The molecule has 0 radical (unpaired) electrons. The summed E-state index contributed by atoms with van der Waals surface area (Å²) in [6.07, 6.45) is 0.518. The van der Waals surface area contributed by atoms with E-state index in [4.69, 9.17) is 16.3 Å². The molecule has 2 aliphatic heterocycles. The lowest BCUT2D eigenvalue weighted by Gasteiger charge is -2.38. The number of rotatable bonds is 6. The zero-order valence-electron chi connectivity index (χ0n) is 20.4. The Morgan fingerprint density at radius 1 is 1.20 bits per heavy atom. The molecule has 1 aliphatic carbocycles. The molecule has 3 heterocycles. The van der Waals surface area contributed by atoms with E-state index >= 15 is 0 Å². The van der Waals surface area contributed by atoms with Gasteiger partial charge in [-0.05, 0) is 24.6 Å². The lowest BCUT2D eigenvalue weighted by molar-refractivity contribution is -0.134. The van der Waals surface area contributed by atoms with E-state index < -0.39 is 12.2 Å². The smallest absolute Gasteiger partial charge is 0.413 e. The van der Waals surface area contributed by atoms with Crippen molar-refractivity contribution in [3.05, 3.63) is 46.7 Å². The van der Waals surface area contributed by atoms with Crippen LogP contribution in [0, 0.1) is 5.92 Å². The SMILES string of the molecule is CC(C)NC[C@@H](C(=O)N1CCN(c2ncnc3c2[C@H](C)OC(=O)N3)[C@H]2C1[C@H]2C)c1ccc(Cl)cc1. The van der Waals surface area contributed by atoms with E-state index in [9.17, 15) is 9.59 Å². The van der Waals surface area contributed by atoms with Gasteiger partial charge in [0.1, 0.15) is 24.1 Å². The van der Waals surface area contributed by atoms with Gasteiger partial charge in [0, 0.05) is 36.6 Å². The molecule has 35 heavy (non-hydrogen) atoms. The summed E-state index contributed by atoms with van der Waals surface area (Å²) >= 11 is 6.11. The molecule has 2 amide bonds. The van der Waals surface area contributed by atoms with Crippen LogP contribution in [-0.2, 0) is 9.53 Å². The lowest BCUT2D eigenvalue weighted by Crippen LogP contribution is -2.51. The third-order valence-corrected chi connectivity index (χ3v) is 7.47. The molecule has 5 atom stereocenters. The van der Waals surface area contributed by atoms with Crippen molar-refractivity contribution in [3.63, 3.8) is 0 Å². The zero-order valence-corrected chi connectivity index (χ0v) is 21.1. The number of hydrogen-bond acceptors (Lipinski definition) is 7. The molecule has 2 N–H and O–H groups in total. The average Bonchev–Trinajstić information content (AvgIpc) is 3.50. The van der Waals surface area contributed by atoms with Crippen LogP contribution in [0.25, 0.3) is 0 Å². The number of benzene rings is 1. The van der Waals surface area contributed by atoms with E-state index in [2.05, 4.69) is 46.3 Å². The Morgan fingerprint density at radius 2 is 1.94 bits per heavy atom. The number of aromatic nitrogens is 2. The summed E-state index contributed by atoms with van der Waals surface area (Å²) < 4.78 is 5.38. The molecule has 0 bridgehead atoms. The van der Waals surface area contributed by atoms with Crippen LogP contribution < -0.4 is 15.5 Å². The van der Waals surface area contributed by atoms with Gasteiger partial charge in [-0.15, -0.1) is 0 Å². The summed E-state index contributed by atoms with van der Waals surface area (Å²) in [7, 11) is 0. The Kier molecular flexibility index (Phi) is 6.31. The average molecular weight is 499 g/mol. The molecule has 0 spiro atoms. The van der Waals surface area contributed by atoms with Crippen molar-refractivity contribution in [1.82, 2.24) is 20.2 Å². The van der Waals surface area contributed by atoms with Gasteiger partial charge in [-0.3, -0.25) is 10.1 Å². The van der Waals surface area contributed by atoms with Crippen LogP contribution in [0.1, 0.15) is 50.8 Å². The predicted octanol–water partition coefficient (Wildman–Crippen LogP) is 3.57. The Balaban J connectivity index is 1.39. The second kappa shape index (κ2) is 9.28. The highest BCUT2D eigenvalue weighted by molar-refractivity contribution is 6.30. The number of carbonyl (C=O) groups excluding carboxylic acids is 2. The number of halogens is 1. The number of anilines is 2. The zero-order chi connectivity index (χ0) is 24.9. The van der Waals surface area contributed by atoms with Crippen molar-refractivity contribution >= 4 is 35.2 Å². The van der Waals surface area contributed by atoms with Gasteiger partial charge < -0.3 is 19.9 Å². The maximum Gasteiger partial charge on any atom is 0.413 e. The van der Waals surface area contributed by atoms with Crippen LogP contribution in [0.15, 0.2) is 30.6 Å². The standard InChI is InChI=1S/C25H31ClN6O3/c1-13(2)27-11-18(16-5-7-17(26)8-6-16)24(33)32-10-9-31(20-14(3)21(20)32)23-19-15(4)35-25(34)30-22(19)28-12-29-23/h5-8,12-15,18,20-21,27H,9-11H2,1-4H3,(H,28,29,30,34)/t14-,15-,18+,20+,21?/m0/s1. The van der Waals surface area contributed by atoms with Gasteiger partial charge >= 0.3 is 6.09 Å². The Bertz CT molecular complexity index is 1130. The predicted molar refractivity (Wildman–Crippen MR) is 134 cm³/mol. The van der Waals surface area contributed by atoms with E-state index in [1.54, 1.807) is 0 Å². The van der Waals surface area contributed by atoms with Gasteiger partial charge in [0.15, 0.2) is 0 Å². The van der Waals surface area contributed by atoms with Crippen molar-refractivity contribution in [3.8, 4) is 0 Å².